The highest BCUT2D eigenvalue weighted by Gasteiger charge is 2.40. The zero-order valence-electron chi connectivity index (χ0n) is 20.5. The predicted molar refractivity (Wildman–Crippen MR) is 129 cm³/mol. The van der Waals surface area contributed by atoms with Gasteiger partial charge in [0, 0.05) is 30.8 Å². The zero-order valence-corrected chi connectivity index (χ0v) is 20.5. The van der Waals surface area contributed by atoms with Gasteiger partial charge in [0.2, 0.25) is 5.95 Å². The smallest absolute Gasteiger partial charge is 0.223 e. The first kappa shape index (κ1) is 23.4. The Hall–Kier alpha value is -3.34. The van der Waals surface area contributed by atoms with Crippen molar-refractivity contribution in [3.63, 3.8) is 0 Å². The number of fused-ring (bicyclic) bond motifs is 3. The number of anilines is 2. The van der Waals surface area contributed by atoms with Gasteiger partial charge in [-0.2, -0.15) is 9.61 Å². The second-order valence-electron chi connectivity index (χ2n) is 10.7. The van der Waals surface area contributed by atoms with Crippen LogP contribution in [0.25, 0.3) is 16.6 Å². The predicted octanol–water partition coefficient (Wildman–Crippen LogP) is 3.17. The molecule has 186 valence electrons. The minimum absolute atomic E-state index is 0.00979. The number of hydrogen-bond acceptors (Lipinski definition) is 7. The Balaban J connectivity index is 1.59. The Morgan fingerprint density at radius 3 is 2.69 bits per heavy atom. The first-order valence-electron chi connectivity index (χ1n) is 11.7. The van der Waals surface area contributed by atoms with E-state index in [1.54, 1.807) is 4.68 Å². The summed E-state index contributed by atoms with van der Waals surface area (Å²) in [4.78, 5) is 11.1. The Bertz CT molecular complexity index is 1440. The second-order valence-corrected chi connectivity index (χ2v) is 10.7. The van der Waals surface area contributed by atoms with Crippen molar-refractivity contribution in [2.24, 2.45) is 5.92 Å². The fourth-order valence-electron chi connectivity index (χ4n) is 5.16. The average molecular weight is 485 g/mol. The van der Waals surface area contributed by atoms with Crippen LogP contribution in [0, 0.1) is 24.5 Å². The van der Waals surface area contributed by atoms with E-state index in [2.05, 4.69) is 33.9 Å². The first-order chi connectivity index (χ1) is 16.4. The highest BCUT2D eigenvalue weighted by atomic mass is 19.1. The third-order valence-electron chi connectivity index (χ3n) is 6.95. The molecule has 35 heavy (non-hydrogen) atoms. The lowest BCUT2D eigenvalue weighted by Gasteiger charge is -2.43. The first-order valence-corrected chi connectivity index (χ1v) is 11.7. The molecule has 1 saturated heterocycles. The molecule has 0 radical (unpaired) electrons. The van der Waals surface area contributed by atoms with E-state index in [1.165, 1.54) is 10.6 Å². The number of nitrogens with zero attached hydrogens (tertiary/aromatic N) is 7. The molecule has 4 aromatic rings. The Kier molecular flexibility index (Phi) is 5.24. The minimum atomic E-state index is -0.791. The van der Waals surface area contributed by atoms with Gasteiger partial charge in [-0.25, -0.2) is 18.7 Å². The van der Waals surface area contributed by atoms with Crippen molar-refractivity contribution in [1.29, 1.82) is 0 Å². The van der Waals surface area contributed by atoms with E-state index in [0.29, 0.717) is 18.3 Å². The zero-order chi connectivity index (χ0) is 25.3. The molecule has 0 aliphatic carbocycles. The Labute approximate surface area is 201 Å². The lowest BCUT2D eigenvalue weighted by molar-refractivity contribution is 0.152. The van der Waals surface area contributed by atoms with Gasteiger partial charge in [-0.15, -0.1) is 5.10 Å². The second kappa shape index (κ2) is 7.84. The Morgan fingerprint density at radius 2 is 1.97 bits per heavy atom. The normalized spacial score (nSPS) is 21.4. The van der Waals surface area contributed by atoms with Gasteiger partial charge in [0.15, 0.2) is 17.3 Å². The number of hydrogen-bond donors (Lipinski definition) is 2. The summed E-state index contributed by atoms with van der Waals surface area (Å²) in [5.41, 5.74) is 7.21. The molecule has 0 saturated carbocycles. The van der Waals surface area contributed by atoms with E-state index >= 15 is 0 Å². The molecule has 0 bridgehead atoms. The van der Waals surface area contributed by atoms with Crippen molar-refractivity contribution in [3.8, 4) is 0 Å². The SMILES string of the molecule is Cc1nn(C(C)(C)CO)cc1N1CC(C)C[C@@](C)(c2nc3c4cc(F)cc(F)c4nc(N)n3n2)C1. The van der Waals surface area contributed by atoms with Crippen LogP contribution < -0.4 is 10.6 Å². The van der Waals surface area contributed by atoms with E-state index in [1.807, 2.05) is 27.0 Å². The Morgan fingerprint density at radius 1 is 1.23 bits per heavy atom. The van der Waals surface area contributed by atoms with Gasteiger partial charge in [-0.05, 0) is 39.2 Å². The highest BCUT2D eigenvalue weighted by molar-refractivity contribution is 5.92. The lowest BCUT2D eigenvalue weighted by Crippen LogP contribution is -2.48. The van der Waals surface area contributed by atoms with Crippen molar-refractivity contribution < 1.29 is 13.9 Å². The van der Waals surface area contributed by atoms with E-state index in [4.69, 9.17) is 10.7 Å². The number of nitrogens with two attached hydrogens (primary N) is 1. The summed E-state index contributed by atoms with van der Waals surface area (Å²) in [7, 11) is 0. The quantitative estimate of drug-likeness (QED) is 0.458. The number of halogens is 2. The number of piperidine rings is 1. The lowest BCUT2D eigenvalue weighted by atomic mass is 9.76. The van der Waals surface area contributed by atoms with Crippen LogP contribution in [0.4, 0.5) is 20.4 Å². The van der Waals surface area contributed by atoms with Gasteiger partial charge in [0.1, 0.15) is 11.3 Å². The molecular weight excluding hydrogens is 454 g/mol. The maximum absolute atomic E-state index is 14.4. The van der Waals surface area contributed by atoms with Crippen LogP contribution in [0.2, 0.25) is 0 Å². The summed E-state index contributed by atoms with van der Waals surface area (Å²) in [5.74, 6) is -0.656. The standard InChI is InChI=1S/C24H30F2N8O/c1-13-8-24(5,11-32(9-13)18-10-33(30-14(18)2)23(3,4)12-35)21-29-20-16-6-15(25)7-17(26)19(16)28-22(27)34(20)31-21/h6-7,10,13,35H,8-9,11-12H2,1-5H3,(H2,27,28)/t13?,24-/m1/s1. The third kappa shape index (κ3) is 3.78. The molecule has 0 spiro atoms. The molecule has 0 amide bonds. The molecule has 1 unspecified atom stereocenters. The molecule has 1 fully saturated rings. The summed E-state index contributed by atoms with van der Waals surface area (Å²) in [6.07, 6.45) is 2.80. The van der Waals surface area contributed by atoms with Crippen molar-refractivity contribution in [1.82, 2.24) is 29.4 Å². The van der Waals surface area contributed by atoms with Crippen LogP contribution in [-0.4, -0.2) is 54.2 Å². The molecule has 3 aromatic heterocycles. The van der Waals surface area contributed by atoms with Gasteiger partial charge in [0.05, 0.1) is 28.9 Å². The number of nitrogen functional groups attached to an aromatic ring is 1. The van der Waals surface area contributed by atoms with Gasteiger partial charge >= 0.3 is 0 Å². The van der Waals surface area contributed by atoms with Crippen LogP contribution in [-0.2, 0) is 11.0 Å². The van der Waals surface area contributed by atoms with Crippen LogP contribution in [0.5, 0.6) is 0 Å². The molecule has 9 nitrogen and oxygen atoms in total. The molecule has 5 rings (SSSR count). The number of rotatable bonds is 4. The molecule has 1 aromatic carbocycles. The number of aromatic nitrogens is 6. The van der Waals surface area contributed by atoms with E-state index in [-0.39, 0.29) is 29.1 Å². The molecule has 2 atom stereocenters. The van der Waals surface area contributed by atoms with Gasteiger partial charge in [0.25, 0.3) is 0 Å². The largest absolute Gasteiger partial charge is 0.394 e. The summed E-state index contributed by atoms with van der Waals surface area (Å²) < 4.78 is 31.6. The number of benzene rings is 1. The van der Waals surface area contributed by atoms with Crippen molar-refractivity contribution in [2.45, 2.75) is 52.0 Å². The number of aliphatic hydroxyl groups is 1. The van der Waals surface area contributed by atoms with Gasteiger partial charge < -0.3 is 15.7 Å². The third-order valence-corrected chi connectivity index (χ3v) is 6.95. The van der Waals surface area contributed by atoms with E-state index in [9.17, 15) is 13.9 Å². The minimum Gasteiger partial charge on any atom is -0.394 e. The van der Waals surface area contributed by atoms with Crippen molar-refractivity contribution in [2.75, 3.05) is 30.3 Å². The maximum Gasteiger partial charge on any atom is 0.223 e. The van der Waals surface area contributed by atoms with Crippen molar-refractivity contribution >= 4 is 28.2 Å². The highest BCUT2D eigenvalue weighted by Crippen LogP contribution is 2.38. The molecule has 1 aliphatic rings. The summed E-state index contributed by atoms with van der Waals surface area (Å²) >= 11 is 0. The molecule has 4 heterocycles. The van der Waals surface area contributed by atoms with Crippen molar-refractivity contribution in [3.05, 3.63) is 41.5 Å². The molecule has 11 heteroatoms. The van der Waals surface area contributed by atoms with Gasteiger partial charge in [-0.3, -0.25) is 4.68 Å². The van der Waals surface area contributed by atoms with Crippen LogP contribution in [0.1, 0.15) is 45.6 Å². The summed E-state index contributed by atoms with van der Waals surface area (Å²) in [6, 6.07) is 1.99. The summed E-state index contributed by atoms with van der Waals surface area (Å²) in [6.45, 7) is 11.5. The van der Waals surface area contributed by atoms with Crippen LogP contribution in [0.15, 0.2) is 18.3 Å². The fraction of sp³-hybridized carbons (Fsp3) is 0.500. The fourth-order valence-corrected chi connectivity index (χ4v) is 5.16. The van der Waals surface area contributed by atoms with Gasteiger partial charge in [-0.1, -0.05) is 13.8 Å². The number of aliphatic hydroxyl groups excluding tert-OH is 1. The van der Waals surface area contributed by atoms with E-state index < -0.39 is 22.6 Å². The molecule has 3 N–H and O–H groups in total. The van der Waals surface area contributed by atoms with Crippen LogP contribution in [0.3, 0.4) is 0 Å². The number of aryl methyl sites for hydroxylation is 1. The average Bonchev–Trinajstić information content (AvgIpc) is 3.40. The van der Waals surface area contributed by atoms with E-state index in [0.717, 1.165) is 30.4 Å². The maximum atomic E-state index is 14.4. The monoisotopic (exact) mass is 484 g/mol. The summed E-state index contributed by atoms with van der Waals surface area (Å²) in [5, 5.41) is 19.3. The topological polar surface area (TPSA) is 110 Å². The molecular formula is C24H30F2N8O. The van der Waals surface area contributed by atoms with Crippen LogP contribution >= 0.6 is 0 Å². The molecule has 1 aliphatic heterocycles.